The number of unbranched alkanes of at least 4 members (excludes halogenated alkanes) is 2. The summed E-state index contributed by atoms with van der Waals surface area (Å²) >= 11 is 0. The Bertz CT molecular complexity index is 567. The molecule has 0 saturated carbocycles. The van der Waals surface area contributed by atoms with Gasteiger partial charge in [0.25, 0.3) is 0 Å². The van der Waals surface area contributed by atoms with Crippen molar-refractivity contribution >= 4 is 11.6 Å². The van der Waals surface area contributed by atoms with Gasteiger partial charge in [-0.2, -0.15) is 0 Å². The summed E-state index contributed by atoms with van der Waals surface area (Å²) < 4.78 is 13.8. The van der Waals surface area contributed by atoms with Crippen LogP contribution in [0.1, 0.15) is 86.5 Å². The molecule has 0 bridgehead atoms. The number of rotatable bonds is 10. The molecule has 1 heterocycles. The lowest BCUT2D eigenvalue weighted by Crippen LogP contribution is -2.29. The van der Waals surface area contributed by atoms with Gasteiger partial charge in [0.2, 0.25) is 0 Å². The van der Waals surface area contributed by atoms with E-state index < -0.39 is 0 Å². The molecular weight excluding hydrogens is 327 g/mol. The van der Waals surface area contributed by atoms with Gasteiger partial charge >= 0.3 is 0 Å². The monoisotopic (exact) mass is 364 g/mol. The summed E-state index contributed by atoms with van der Waals surface area (Å²) in [6.07, 6.45) is 8.21. The molecule has 1 aliphatic heterocycles. The van der Waals surface area contributed by atoms with Gasteiger partial charge in [0.15, 0.2) is 5.78 Å². The van der Waals surface area contributed by atoms with Gasteiger partial charge in [-0.05, 0) is 30.3 Å². The number of aliphatic imine (C=N–C) groups is 1. The maximum absolute atomic E-state index is 13.8. The Hall–Kier alpha value is -1.45. The number of allylic oxidation sites excluding steroid dienone is 2. The van der Waals surface area contributed by atoms with Gasteiger partial charge in [0.05, 0.1) is 6.54 Å². The van der Waals surface area contributed by atoms with E-state index in [4.69, 9.17) is 0 Å². The summed E-state index contributed by atoms with van der Waals surface area (Å²) in [5, 5.41) is 3.13. The van der Waals surface area contributed by atoms with Crippen LogP contribution < -0.4 is 5.32 Å². The summed E-state index contributed by atoms with van der Waals surface area (Å²) in [5.74, 6) is 1.10. The summed E-state index contributed by atoms with van der Waals surface area (Å²) in [4.78, 5) is 16.8. The van der Waals surface area contributed by atoms with Crippen LogP contribution in [-0.4, -0.2) is 18.2 Å². The number of carbonyl (C=O) groups is 1. The number of nitrogens with zero attached hydrogens (tertiary/aromatic N) is 1. The normalized spacial score (nSPS) is 17.0. The standard InChI is InChI=1S/C22H37FN2O/c1-7-9-10-11-16(3)17(12-18(26)14-22(4,5)6)13-21-24-15-19(23)20(8-2)25-21/h12,16H,7-11,13-15H2,1-6H3,(H,24,25)/b17-12-. The number of carbonyl (C=O) groups excluding carboxylic acids is 1. The molecule has 0 radical (unpaired) electrons. The van der Waals surface area contributed by atoms with E-state index in [9.17, 15) is 9.18 Å². The third kappa shape index (κ3) is 8.29. The Morgan fingerprint density at radius 2 is 2.00 bits per heavy atom. The molecule has 0 aromatic heterocycles. The van der Waals surface area contributed by atoms with E-state index in [-0.39, 0.29) is 23.6 Å². The van der Waals surface area contributed by atoms with Crippen molar-refractivity contribution in [2.24, 2.45) is 16.3 Å². The Balaban J connectivity index is 2.88. The van der Waals surface area contributed by atoms with Gasteiger partial charge in [-0.15, -0.1) is 0 Å². The predicted molar refractivity (Wildman–Crippen MR) is 109 cm³/mol. The average molecular weight is 365 g/mol. The Morgan fingerprint density at radius 3 is 2.58 bits per heavy atom. The van der Waals surface area contributed by atoms with Crippen molar-refractivity contribution in [3.05, 3.63) is 23.2 Å². The molecule has 0 saturated heterocycles. The average Bonchev–Trinajstić information content (AvgIpc) is 2.54. The number of amidine groups is 1. The predicted octanol–water partition coefficient (Wildman–Crippen LogP) is 6.12. The van der Waals surface area contributed by atoms with Gasteiger partial charge in [-0.3, -0.25) is 9.79 Å². The number of ketones is 1. The first-order valence-electron chi connectivity index (χ1n) is 10.1. The number of hydrogen-bond donors (Lipinski definition) is 1. The van der Waals surface area contributed by atoms with E-state index in [0.29, 0.717) is 30.9 Å². The second kappa shape index (κ2) is 10.6. The van der Waals surface area contributed by atoms with E-state index in [1.54, 1.807) is 0 Å². The number of halogens is 1. The second-order valence-electron chi connectivity index (χ2n) is 8.62. The van der Waals surface area contributed by atoms with Gasteiger partial charge in [0, 0.05) is 18.5 Å². The first-order valence-corrected chi connectivity index (χ1v) is 10.1. The van der Waals surface area contributed by atoms with Crippen LogP contribution >= 0.6 is 0 Å². The molecule has 0 aromatic rings. The van der Waals surface area contributed by atoms with Gasteiger partial charge in [-0.25, -0.2) is 4.39 Å². The van der Waals surface area contributed by atoms with Crippen molar-refractivity contribution in [2.75, 3.05) is 6.54 Å². The van der Waals surface area contributed by atoms with Crippen molar-refractivity contribution in [1.29, 1.82) is 0 Å². The van der Waals surface area contributed by atoms with Crippen LogP contribution in [-0.2, 0) is 4.79 Å². The molecule has 1 rings (SSSR count). The molecule has 1 N–H and O–H groups in total. The van der Waals surface area contributed by atoms with Crippen LogP contribution in [0.2, 0.25) is 0 Å². The lowest BCUT2D eigenvalue weighted by molar-refractivity contribution is -0.116. The minimum absolute atomic E-state index is 0.0218. The lowest BCUT2D eigenvalue weighted by atomic mass is 9.86. The van der Waals surface area contributed by atoms with Crippen molar-refractivity contribution in [2.45, 2.75) is 86.5 Å². The summed E-state index contributed by atoms with van der Waals surface area (Å²) in [6.45, 7) is 12.7. The molecule has 4 heteroatoms. The topological polar surface area (TPSA) is 41.5 Å². The second-order valence-corrected chi connectivity index (χ2v) is 8.62. The minimum atomic E-state index is -0.179. The molecule has 0 spiro atoms. The highest BCUT2D eigenvalue weighted by atomic mass is 19.1. The third-order valence-electron chi connectivity index (χ3n) is 4.68. The highest BCUT2D eigenvalue weighted by Gasteiger charge is 2.20. The minimum Gasteiger partial charge on any atom is -0.345 e. The van der Waals surface area contributed by atoms with Gasteiger partial charge in [-0.1, -0.05) is 66.4 Å². The molecule has 148 valence electrons. The van der Waals surface area contributed by atoms with Gasteiger partial charge < -0.3 is 5.32 Å². The maximum Gasteiger partial charge on any atom is 0.156 e. The molecule has 0 aromatic carbocycles. The first kappa shape index (κ1) is 22.6. The van der Waals surface area contributed by atoms with Crippen molar-refractivity contribution < 1.29 is 9.18 Å². The molecule has 3 nitrogen and oxygen atoms in total. The largest absolute Gasteiger partial charge is 0.345 e. The van der Waals surface area contributed by atoms with Gasteiger partial charge in [0.1, 0.15) is 11.7 Å². The van der Waals surface area contributed by atoms with Crippen molar-refractivity contribution in [3.8, 4) is 0 Å². The molecule has 1 atom stereocenters. The zero-order valence-electron chi connectivity index (χ0n) is 17.5. The highest BCUT2D eigenvalue weighted by molar-refractivity contribution is 5.93. The maximum atomic E-state index is 13.8. The fourth-order valence-corrected chi connectivity index (χ4v) is 3.15. The first-order chi connectivity index (χ1) is 12.2. The molecule has 1 aliphatic rings. The van der Waals surface area contributed by atoms with Crippen LogP contribution in [0.3, 0.4) is 0 Å². The van der Waals surface area contributed by atoms with Crippen LogP contribution in [0.5, 0.6) is 0 Å². The Morgan fingerprint density at radius 1 is 1.31 bits per heavy atom. The van der Waals surface area contributed by atoms with E-state index >= 15 is 0 Å². The molecule has 1 unspecified atom stereocenters. The van der Waals surface area contributed by atoms with E-state index in [1.807, 2.05) is 13.0 Å². The van der Waals surface area contributed by atoms with Crippen LogP contribution in [0.25, 0.3) is 0 Å². The fraction of sp³-hybridized carbons (Fsp3) is 0.727. The molecular formula is C22H37FN2O. The number of nitrogens with one attached hydrogen (secondary N) is 1. The van der Waals surface area contributed by atoms with E-state index in [2.05, 4.69) is 44.9 Å². The molecule has 26 heavy (non-hydrogen) atoms. The molecule has 0 amide bonds. The van der Waals surface area contributed by atoms with E-state index in [0.717, 1.165) is 24.3 Å². The quantitative estimate of drug-likeness (QED) is 0.375. The third-order valence-corrected chi connectivity index (χ3v) is 4.68. The number of hydrogen-bond acceptors (Lipinski definition) is 3. The van der Waals surface area contributed by atoms with E-state index in [1.165, 1.54) is 12.8 Å². The SMILES string of the molecule is CCCCCC(C)/C(=C\C(=O)CC(C)(C)C)CC1=NCC(F)=C(CC)N1. The van der Waals surface area contributed by atoms with Crippen molar-refractivity contribution in [3.63, 3.8) is 0 Å². The zero-order chi connectivity index (χ0) is 19.7. The zero-order valence-corrected chi connectivity index (χ0v) is 17.5. The fourth-order valence-electron chi connectivity index (χ4n) is 3.15. The lowest BCUT2D eigenvalue weighted by Gasteiger charge is -2.22. The van der Waals surface area contributed by atoms with Crippen LogP contribution in [0.15, 0.2) is 28.2 Å². The highest BCUT2D eigenvalue weighted by Crippen LogP contribution is 2.25. The Labute approximate surface area is 159 Å². The molecule has 0 aliphatic carbocycles. The summed E-state index contributed by atoms with van der Waals surface area (Å²) in [7, 11) is 0. The van der Waals surface area contributed by atoms with Crippen LogP contribution in [0.4, 0.5) is 4.39 Å². The summed E-state index contributed by atoms with van der Waals surface area (Å²) in [6, 6.07) is 0. The van der Waals surface area contributed by atoms with Crippen LogP contribution in [0, 0.1) is 11.3 Å². The molecule has 0 fully saturated rings. The summed E-state index contributed by atoms with van der Waals surface area (Å²) in [5.41, 5.74) is 1.71. The smallest absolute Gasteiger partial charge is 0.156 e. The van der Waals surface area contributed by atoms with Crippen molar-refractivity contribution in [1.82, 2.24) is 5.32 Å². The Kier molecular flexibility index (Phi) is 9.24.